The van der Waals surface area contributed by atoms with Crippen LogP contribution in [-0.2, 0) is 0 Å². The molecule has 0 unspecified atom stereocenters. The first kappa shape index (κ1) is 21.1. The number of nitrogens with zero attached hydrogens (tertiary/aromatic N) is 2. The number of aromatic nitrogens is 1. The Morgan fingerprint density at radius 1 is 0.525 bits per heavy atom. The van der Waals surface area contributed by atoms with E-state index >= 15 is 0 Å². The van der Waals surface area contributed by atoms with E-state index in [-0.39, 0.29) is 6.71 Å². The van der Waals surface area contributed by atoms with Crippen LogP contribution in [0.5, 0.6) is 0 Å². The van der Waals surface area contributed by atoms with E-state index in [1.807, 2.05) is 11.3 Å². The molecule has 0 saturated heterocycles. The van der Waals surface area contributed by atoms with E-state index in [0.29, 0.717) is 0 Å². The summed E-state index contributed by atoms with van der Waals surface area (Å²) in [5.74, 6) is 0. The number of para-hydroxylation sites is 2. The first-order valence-corrected chi connectivity index (χ1v) is 14.6. The number of thiophene rings is 1. The maximum absolute atomic E-state index is 2.57. The fourth-order valence-corrected chi connectivity index (χ4v) is 8.73. The Morgan fingerprint density at radius 3 is 2.17 bits per heavy atom. The molecule has 0 aliphatic carbocycles. The summed E-state index contributed by atoms with van der Waals surface area (Å²) >= 11 is 1.95. The van der Waals surface area contributed by atoms with Crippen LogP contribution in [0.15, 0.2) is 127 Å². The molecule has 4 heteroatoms. The quantitative estimate of drug-likeness (QED) is 0.199. The predicted octanol–water partition coefficient (Wildman–Crippen LogP) is 7.76. The zero-order valence-electron chi connectivity index (χ0n) is 21.5. The third-order valence-electron chi connectivity index (χ3n) is 8.95. The van der Waals surface area contributed by atoms with Gasteiger partial charge >= 0.3 is 0 Å². The lowest BCUT2D eigenvalue weighted by Gasteiger charge is -2.38. The van der Waals surface area contributed by atoms with Gasteiger partial charge in [-0.25, -0.2) is 0 Å². The third kappa shape index (κ3) is 2.46. The van der Waals surface area contributed by atoms with Gasteiger partial charge in [0.05, 0.1) is 16.7 Å². The van der Waals surface area contributed by atoms with E-state index in [4.69, 9.17) is 0 Å². The maximum atomic E-state index is 2.57. The van der Waals surface area contributed by atoms with Gasteiger partial charge in [0.1, 0.15) is 0 Å². The Bertz CT molecular complexity index is 2350. The standard InChI is InChI=1S/C36H21BN2S/c1-2-11-23(12-3-1)38-30-21-20-26-25-19-18-22-10-4-5-13-24(22)33(25)39-29-16-8-7-15-28(29)37(32(30)34(26)39)36-35(38)27-14-6-9-17-31(27)40-36/h1-21H. The van der Waals surface area contributed by atoms with Gasteiger partial charge in [0.25, 0.3) is 6.71 Å². The summed E-state index contributed by atoms with van der Waals surface area (Å²) in [7, 11) is 0. The van der Waals surface area contributed by atoms with Crippen LogP contribution in [0.2, 0.25) is 0 Å². The Kier molecular flexibility index (Phi) is 3.92. The van der Waals surface area contributed by atoms with Gasteiger partial charge in [0.2, 0.25) is 0 Å². The lowest BCUT2D eigenvalue weighted by molar-refractivity contribution is 1.19. The molecular weight excluding hydrogens is 503 g/mol. The molecule has 2 aliphatic rings. The van der Waals surface area contributed by atoms with Crippen molar-refractivity contribution in [3.8, 4) is 5.69 Å². The van der Waals surface area contributed by atoms with E-state index in [0.717, 1.165) is 0 Å². The second-order valence-electron chi connectivity index (χ2n) is 10.9. The normalized spacial score (nSPS) is 13.4. The van der Waals surface area contributed by atoms with Crippen molar-refractivity contribution >= 4 is 93.5 Å². The summed E-state index contributed by atoms with van der Waals surface area (Å²) in [6.07, 6.45) is 0. The first-order valence-electron chi connectivity index (χ1n) is 13.8. The van der Waals surface area contributed by atoms with Crippen molar-refractivity contribution in [1.29, 1.82) is 0 Å². The minimum atomic E-state index is 0.185. The van der Waals surface area contributed by atoms with Gasteiger partial charge in [-0.15, -0.1) is 11.3 Å². The van der Waals surface area contributed by atoms with Gasteiger partial charge < -0.3 is 9.47 Å². The largest absolute Gasteiger partial charge is 0.310 e. The summed E-state index contributed by atoms with van der Waals surface area (Å²) in [6, 6.07) is 47.1. The number of benzene rings is 6. The number of hydrogen-bond donors (Lipinski definition) is 0. The molecule has 40 heavy (non-hydrogen) atoms. The molecule has 0 saturated carbocycles. The third-order valence-corrected chi connectivity index (χ3v) is 10.2. The molecule has 0 amide bonds. The van der Waals surface area contributed by atoms with Crippen LogP contribution in [-0.4, -0.2) is 11.3 Å². The highest BCUT2D eigenvalue weighted by molar-refractivity contribution is 7.33. The monoisotopic (exact) mass is 524 g/mol. The van der Waals surface area contributed by atoms with E-state index in [1.165, 1.54) is 81.1 Å². The summed E-state index contributed by atoms with van der Waals surface area (Å²) < 4.78 is 5.34. The summed E-state index contributed by atoms with van der Waals surface area (Å²) in [5, 5.41) is 6.56. The van der Waals surface area contributed by atoms with Crippen molar-refractivity contribution in [2.75, 3.05) is 4.90 Å². The Labute approximate surface area is 235 Å². The molecule has 2 aliphatic heterocycles. The Hall–Kier alpha value is -4.80. The van der Waals surface area contributed by atoms with Crippen molar-refractivity contribution in [3.05, 3.63) is 127 Å². The molecule has 2 aromatic heterocycles. The van der Waals surface area contributed by atoms with Crippen molar-refractivity contribution < 1.29 is 0 Å². The van der Waals surface area contributed by atoms with Gasteiger partial charge in [-0.2, -0.15) is 0 Å². The molecule has 0 fully saturated rings. The van der Waals surface area contributed by atoms with Crippen LogP contribution < -0.4 is 20.6 Å². The van der Waals surface area contributed by atoms with Crippen LogP contribution in [0.1, 0.15) is 0 Å². The predicted molar refractivity (Wildman–Crippen MR) is 173 cm³/mol. The smallest absolute Gasteiger partial charge is 0.264 e. The minimum Gasteiger partial charge on any atom is -0.310 e. The average Bonchev–Trinajstić information content (AvgIpc) is 3.57. The second-order valence-corrected chi connectivity index (χ2v) is 12.0. The maximum Gasteiger partial charge on any atom is 0.264 e. The SMILES string of the molecule is c1ccc(N2c3ccc4c5ccc6ccccc6c5n5c4c3B(c3ccccc3-5)c3sc4ccccc4c32)cc1. The highest BCUT2D eigenvalue weighted by atomic mass is 32.1. The van der Waals surface area contributed by atoms with E-state index < -0.39 is 0 Å². The summed E-state index contributed by atoms with van der Waals surface area (Å²) in [6.45, 7) is 0.185. The van der Waals surface area contributed by atoms with Crippen LogP contribution in [0, 0.1) is 0 Å². The molecule has 2 nitrogen and oxygen atoms in total. The van der Waals surface area contributed by atoms with Crippen molar-refractivity contribution in [2.45, 2.75) is 0 Å². The van der Waals surface area contributed by atoms with Crippen molar-refractivity contribution in [1.82, 2.24) is 4.57 Å². The fraction of sp³-hybridized carbons (Fsp3) is 0. The first-order chi connectivity index (χ1) is 19.9. The molecule has 0 spiro atoms. The Morgan fingerprint density at radius 2 is 1.25 bits per heavy atom. The number of rotatable bonds is 1. The van der Waals surface area contributed by atoms with Crippen molar-refractivity contribution in [2.24, 2.45) is 0 Å². The number of hydrogen-bond acceptors (Lipinski definition) is 2. The minimum absolute atomic E-state index is 0.185. The second kappa shape index (κ2) is 7.44. The number of anilines is 3. The summed E-state index contributed by atoms with van der Waals surface area (Å²) in [4.78, 5) is 2.52. The molecular formula is C36H21BN2S. The van der Waals surface area contributed by atoms with E-state index in [1.54, 1.807) is 0 Å². The van der Waals surface area contributed by atoms with E-state index in [9.17, 15) is 0 Å². The lowest BCUT2D eigenvalue weighted by Crippen LogP contribution is -2.59. The molecule has 184 valence electrons. The molecule has 0 atom stereocenters. The molecule has 0 radical (unpaired) electrons. The highest BCUT2D eigenvalue weighted by Crippen LogP contribution is 2.46. The topological polar surface area (TPSA) is 8.17 Å². The molecule has 8 aromatic rings. The molecule has 0 bridgehead atoms. The molecule has 0 N–H and O–H groups in total. The van der Waals surface area contributed by atoms with Gasteiger partial charge in [-0.05, 0) is 46.6 Å². The molecule has 4 heterocycles. The zero-order valence-corrected chi connectivity index (χ0v) is 22.3. The Balaban J connectivity index is 1.46. The van der Waals surface area contributed by atoms with Gasteiger partial charge in [0.15, 0.2) is 0 Å². The van der Waals surface area contributed by atoms with Crippen LogP contribution >= 0.6 is 11.3 Å². The fourth-order valence-electron chi connectivity index (χ4n) is 7.41. The van der Waals surface area contributed by atoms with Gasteiger partial charge in [-0.3, -0.25) is 0 Å². The van der Waals surface area contributed by atoms with Crippen LogP contribution in [0.25, 0.3) is 48.4 Å². The summed E-state index contributed by atoms with van der Waals surface area (Å²) in [5.41, 5.74) is 10.6. The molecule has 10 rings (SSSR count). The van der Waals surface area contributed by atoms with Crippen LogP contribution in [0.4, 0.5) is 17.1 Å². The van der Waals surface area contributed by atoms with Gasteiger partial charge in [-0.1, -0.05) is 97.1 Å². The highest BCUT2D eigenvalue weighted by Gasteiger charge is 2.43. The van der Waals surface area contributed by atoms with Crippen molar-refractivity contribution in [3.63, 3.8) is 0 Å². The van der Waals surface area contributed by atoms with Gasteiger partial charge in [0, 0.05) is 48.1 Å². The van der Waals surface area contributed by atoms with E-state index in [2.05, 4.69) is 137 Å². The molecule has 6 aromatic carbocycles. The lowest BCUT2D eigenvalue weighted by atomic mass is 9.36. The average molecular weight is 524 g/mol. The number of fused-ring (bicyclic) bond motifs is 12. The zero-order chi connectivity index (χ0) is 25.9. The van der Waals surface area contributed by atoms with Crippen LogP contribution in [0.3, 0.4) is 0 Å².